The van der Waals surface area contributed by atoms with Gasteiger partial charge in [-0.1, -0.05) is 0 Å². The van der Waals surface area contributed by atoms with Crippen molar-refractivity contribution in [2.45, 2.75) is 23.1 Å². The molecule has 1 aromatic rings. The third-order valence-electron chi connectivity index (χ3n) is 2.67. The highest BCUT2D eigenvalue weighted by molar-refractivity contribution is 9.11. The molecule has 0 spiro atoms. The second kappa shape index (κ2) is 7.46. The molecule has 20 heavy (non-hydrogen) atoms. The van der Waals surface area contributed by atoms with Gasteiger partial charge in [-0.3, -0.25) is 0 Å². The molecule has 0 heterocycles. The summed E-state index contributed by atoms with van der Waals surface area (Å²) < 4.78 is 28.2. The largest absolute Gasteiger partial charge is 0.399 e. The standard InChI is InChI=1S/C11H16Br2N2O3S2/c1-6(10(5-16)19-2)15-20(17,18)11-8(12)3-7(14)4-9(11)13/h3-4,6,10,15-16H,5,14H2,1-2H3. The number of hydrogen-bond acceptors (Lipinski definition) is 5. The predicted molar refractivity (Wildman–Crippen MR) is 90.4 cm³/mol. The molecule has 0 fully saturated rings. The summed E-state index contributed by atoms with van der Waals surface area (Å²) in [6.07, 6.45) is 1.82. The van der Waals surface area contributed by atoms with Crippen LogP contribution in [0.2, 0.25) is 0 Å². The van der Waals surface area contributed by atoms with Crippen LogP contribution >= 0.6 is 43.6 Å². The van der Waals surface area contributed by atoms with Crippen molar-refractivity contribution in [3.05, 3.63) is 21.1 Å². The summed E-state index contributed by atoms with van der Waals surface area (Å²) in [6.45, 7) is 1.61. The van der Waals surface area contributed by atoms with Crippen molar-refractivity contribution < 1.29 is 13.5 Å². The molecule has 0 aliphatic rings. The van der Waals surface area contributed by atoms with Gasteiger partial charge in [0.15, 0.2) is 0 Å². The Morgan fingerprint density at radius 1 is 1.40 bits per heavy atom. The zero-order chi connectivity index (χ0) is 15.5. The van der Waals surface area contributed by atoms with E-state index in [-0.39, 0.29) is 16.8 Å². The Balaban J connectivity index is 3.12. The zero-order valence-corrected chi connectivity index (χ0v) is 15.7. The monoisotopic (exact) mass is 446 g/mol. The fourth-order valence-corrected chi connectivity index (χ4v) is 6.27. The van der Waals surface area contributed by atoms with E-state index in [9.17, 15) is 13.5 Å². The number of nitrogens with one attached hydrogen (secondary N) is 1. The maximum atomic E-state index is 12.4. The summed E-state index contributed by atoms with van der Waals surface area (Å²) in [5.74, 6) is 0. The molecule has 9 heteroatoms. The van der Waals surface area contributed by atoms with E-state index in [2.05, 4.69) is 36.6 Å². The van der Waals surface area contributed by atoms with Gasteiger partial charge in [-0.2, -0.15) is 11.8 Å². The summed E-state index contributed by atoms with van der Waals surface area (Å²) in [4.78, 5) is 0.0938. The maximum absolute atomic E-state index is 12.4. The predicted octanol–water partition coefficient (Wildman–Crippen LogP) is 2.18. The lowest BCUT2D eigenvalue weighted by Crippen LogP contribution is -2.41. The number of benzene rings is 1. The van der Waals surface area contributed by atoms with E-state index in [0.717, 1.165) is 0 Å². The van der Waals surface area contributed by atoms with Crippen LogP contribution in [0.3, 0.4) is 0 Å². The Labute approximate surface area is 140 Å². The molecule has 0 bridgehead atoms. The summed E-state index contributed by atoms with van der Waals surface area (Å²) in [7, 11) is -3.73. The average molecular weight is 448 g/mol. The molecule has 0 aromatic heterocycles. The highest BCUT2D eigenvalue weighted by Gasteiger charge is 2.26. The Kier molecular flexibility index (Phi) is 6.81. The molecule has 0 aliphatic carbocycles. The first-order chi connectivity index (χ1) is 9.22. The first-order valence-corrected chi connectivity index (χ1v) is 9.99. The second-order valence-corrected chi connectivity index (χ2v) is 8.62. The van der Waals surface area contributed by atoms with Gasteiger partial charge in [0, 0.05) is 25.9 Å². The highest BCUT2D eigenvalue weighted by atomic mass is 79.9. The molecular formula is C11H16Br2N2O3S2. The lowest BCUT2D eigenvalue weighted by molar-refractivity contribution is 0.282. The van der Waals surface area contributed by atoms with E-state index < -0.39 is 16.1 Å². The van der Waals surface area contributed by atoms with Crippen LogP contribution in [0, 0.1) is 0 Å². The summed E-state index contributed by atoms with van der Waals surface area (Å²) >= 11 is 7.83. The van der Waals surface area contributed by atoms with Crippen LogP contribution in [0.25, 0.3) is 0 Å². The summed E-state index contributed by atoms with van der Waals surface area (Å²) in [6, 6.07) is 2.65. The first-order valence-electron chi connectivity index (χ1n) is 5.63. The maximum Gasteiger partial charge on any atom is 0.243 e. The first kappa shape index (κ1) is 18.2. The number of aliphatic hydroxyl groups excluding tert-OH is 1. The lowest BCUT2D eigenvalue weighted by atomic mass is 10.3. The van der Waals surface area contributed by atoms with Gasteiger partial charge in [0.05, 0.1) is 6.61 Å². The van der Waals surface area contributed by atoms with E-state index in [4.69, 9.17) is 5.73 Å². The van der Waals surface area contributed by atoms with Gasteiger partial charge in [-0.25, -0.2) is 13.1 Å². The van der Waals surface area contributed by atoms with E-state index in [1.165, 1.54) is 23.9 Å². The second-order valence-electron chi connectivity index (χ2n) is 4.18. The molecule has 0 saturated carbocycles. The Bertz CT molecular complexity index is 554. The molecule has 0 radical (unpaired) electrons. The van der Waals surface area contributed by atoms with Gasteiger partial charge in [-0.15, -0.1) is 0 Å². The number of aliphatic hydroxyl groups is 1. The molecular weight excluding hydrogens is 432 g/mol. The van der Waals surface area contributed by atoms with Crippen molar-refractivity contribution >= 4 is 59.3 Å². The van der Waals surface area contributed by atoms with Gasteiger partial charge >= 0.3 is 0 Å². The third-order valence-corrected chi connectivity index (χ3v) is 7.27. The number of anilines is 1. The molecule has 4 N–H and O–H groups in total. The molecule has 0 amide bonds. The minimum atomic E-state index is -3.73. The molecule has 5 nitrogen and oxygen atoms in total. The van der Waals surface area contributed by atoms with Crippen LogP contribution in [0.4, 0.5) is 5.69 Å². The minimum Gasteiger partial charge on any atom is -0.399 e. The van der Waals surface area contributed by atoms with Gasteiger partial charge in [0.2, 0.25) is 10.0 Å². The summed E-state index contributed by atoms with van der Waals surface area (Å²) in [5.41, 5.74) is 6.10. The van der Waals surface area contributed by atoms with Crippen LogP contribution in [0.1, 0.15) is 6.92 Å². The van der Waals surface area contributed by atoms with Crippen molar-refractivity contribution in [3.8, 4) is 0 Å². The highest BCUT2D eigenvalue weighted by Crippen LogP contribution is 2.32. The van der Waals surface area contributed by atoms with Crippen molar-refractivity contribution in [1.82, 2.24) is 4.72 Å². The van der Waals surface area contributed by atoms with Crippen LogP contribution in [0.5, 0.6) is 0 Å². The van der Waals surface area contributed by atoms with Crippen molar-refractivity contribution in [1.29, 1.82) is 0 Å². The number of sulfonamides is 1. The van der Waals surface area contributed by atoms with Gasteiger partial charge in [0.25, 0.3) is 0 Å². The van der Waals surface area contributed by atoms with E-state index in [1.807, 2.05) is 6.26 Å². The number of nitrogen functional groups attached to an aromatic ring is 1. The molecule has 2 unspecified atom stereocenters. The van der Waals surface area contributed by atoms with Crippen molar-refractivity contribution in [2.24, 2.45) is 0 Å². The van der Waals surface area contributed by atoms with E-state index in [0.29, 0.717) is 14.6 Å². The minimum absolute atomic E-state index is 0.0938. The summed E-state index contributed by atoms with van der Waals surface area (Å²) in [5, 5.41) is 9.01. The molecule has 1 aromatic carbocycles. The van der Waals surface area contributed by atoms with Crippen LogP contribution in [-0.2, 0) is 10.0 Å². The quantitative estimate of drug-likeness (QED) is 0.581. The molecule has 2 atom stereocenters. The Hall–Kier alpha value is 0.200. The van der Waals surface area contributed by atoms with Gasteiger partial charge in [-0.05, 0) is 57.2 Å². The van der Waals surface area contributed by atoms with E-state index in [1.54, 1.807) is 6.92 Å². The third kappa shape index (κ3) is 4.35. The molecule has 0 aliphatic heterocycles. The van der Waals surface area contributed by atoms with Gasteiger partial charge in [0.1, 0.15) is 4.90 Å². The van der Waals surface area contributed by atoms with Crippen LogP contribution < -0.4 is 10.5 Å². The number of hydrogen-bond donors (Lipinski definition) is 3. The molecule has 1 rings (SSSR count). The van der Waals surface area contributed by atoms with Crippen LogP contribution in [-0.4, -0.2) is 37.7 Å². The number of halogens is 2. The van der Waals surface area contributed by atoms with Crippen LogP contribution in [0.15, 0.2) is 26.0 Å². The number of rotatable bonds is 6. The Morgan fingerprint density at radius 3 is 2.30 bits per heavy atom. The topological polar surface area (TPSA) is 92.4 Å². The average Bonchev–Trinajstić information content (AvgIpc) is 2.27. The van der Waals surface area contributed by atoms with Crippen molar-refractivity contribution in [3.63, 3.8) is 0 Å². The SMILES string of the molecule is CSC(CO)C(C)NS(=O)(=O)c1c(Br)cc(N)cc1Br. The molecule has 0 saturated heterocycles. The lowest BCUT2D eigenvalue weighted by Gasteiger charge is -2.22. The zero-order valence-electron chi connectivity index (χ0n) is 10.9. The van der Waals surface area contributed by atoms with Gasteiger partial charge < -0.3 is 10.8 Å². The Morgan fingerprint density at radius 2 is 1.90 bits per heavy atom. The fourth-order valence-electron chi connectivity index (χ4n) is 1.65. The smallest absolute Gasteiger partial charge is 0.243 e. The normalized spacial score (nSPS) is 15.1. The number of nitrogens with two attached hydrogens (primary N) is 1. The number of thioether (sulfide) groups is 1. The fraction of sp³-hybridized carbons (Fsp3) is 0.455. The van der Waals surface area contributed by atoms with Crippen molar-refractivity contribution in [2.75, 3.05) is 18.6 Å². The van der Waals surface area contributed by atoms with E-state index >= 15 is 0 Å². The molecule has 114 valence electrons.